The van der Waals surface area contributed by atoms with Gasteiger partial charge in [-0.1, -0.05) is 52.0 Å². The predicted octanol–water partition coefficient (Wildman–Crippen LogP) is 4.17. The average Bonchev–Trinajstić information content (AvgIpc) is 3.35. The van der Waals surface area contributed by atoms with Gasteiger partial charge in [0.25, 0.3) is 20.2 Å². The van der Waals surface area contributed by atoms with Gasteiger partial charge in [0.1, 0.15) is 11.6 Å². The molecular weight excluding hydrogens is 528 g/mol. The van der Waals surface area contributed by atoms with Crippen molar-refractivity contribution in [3.8, 4) is 0 Å². The normalized spacial score (nSPS) is 33.4. The first-order chi connectivity index (χ1) is 17.5. The predicted molar refractivity (Wildman–Crippen MR) is 141 cm³/mol. The number of fused-ring (bicyclic) bond motifs is 4. The molecule has 10 heteroatoms. The highest BCUT2D eigenvalue weighted by molar-refractivity contribution is 7.87. The van der Waals surface area contributed by atoms with Crippen LogP contribution in [0.5, 0.6) is 0 Å². The van der Waals surface area contributed by atoms with E-state index >= 15 is 0 Å². The summed E-state index contributed by atoms with van der Waals surface area (Å²) in [5.74, 6) is -0.0920. The molecule has 0 spiro atoms. The number of hydrogen-bond acceptors (Lipinski definition) is 8. The van der Waals surface area contributed by atoms with Crippen LogP contribution in [-0.4, -0.2) is 39.9 Å². The smallest absolute Gasteiger partial charge is 0.268 e. The summed E-state index contributed by atoms with van der Waals surface area (Å²) in [6, 6.07) is 6.66. The molecule has 0 aromatic heterocycles. The van der Waals surface area contributed by atoms with E-state index in [2.05, 4.69) is 0 Å². The molecule has 0 saturated heterocycles. The lowest BCUT2D eigenvalue weighted by atomic mass is 9.70. The van der Waals surface area contributed by atoms with Gasteiger partial charge >= 0.3 is 0 Å². The fraction of sp³-hybridized carbons (Fsp3) is 0.714. The SMILES string of the molecule is CC1(C)C2CCC1(CS(=O)(=O)OCc1ccc(COS(=O)(=O)CC34CCC(CC3=O)C4(C)C)cc1)C(=O)C2. The van der Waals surface area contributed by atoms with Gasteiger partial charge < -0.3 is 0 Å². The molecule has 8 nitrogen and oxygen atoms in total. The average molecular weight is 567 g/mol. The Hall–Kier alpha value is -1.62. The molecule has 4 unspecified atom stereocenters. The van der Waals surface area contributed by atoms with Gasteiger partial charge in [-0.2, -0.15) is 16.8 Å². The standard InChI is InChI=1S/C28H38O8S2/c1-25(2)21-9-11-27(25,23(29)13-21)17-37(31,32)35-15-19-5-7-20(8-6-19)16-36-38(33,34)18-28-12-10-22(14-24(28)30)26(28,3)4/h5-8,21-22H,9-18H2,1-4H3. The molecule has 4 atom stereocenters. The van der Waals surface area contributed by atoms with Crippen LogP contribution in [0.25, 0.3) is 0 Å². The Bertz CT molecular complexity index is 1250. The first-order valence-corrected chi connectivity index (χ1v) is 16.6. The lowest BCUT2D eigenvalue weighted by Crippen LogP contribution is -2.42. The monoisotopic (exact) mass is 566 g/mol. The number of carbonyl (C=O) groups is 2. The molecular formula is C28H38O8S2. The van der Waals surface area contributed by atoms with Gasteiger partial charge in [-0.25, -0.2) is 0 Å². The van der Waals surface area contributed by atoms with Crippen molar-refractivity contribution >= 4 is 31.8 Å². The lowest BCUT2D eigenvalue weighted by Gasteiger charge is -2.35. The molecule has 0 radical (unpaired) electrons. The minimum atomic E-state index is -3.93. The minimum absolute atomic E-state index is 0.0263. The largest absolute Gasteiger partial charge is 0.299 e. The number of benzene rings is 1. The molecule has 4 aliphatic carbocycles. The van der Waals surface area contributed by atoms with Crippen molar-refractivity contribution in [2.75, 3.05) is 11.5 Å². The van der Waals surface area contributed by atoms with Gasteiger partial charge in [-0.15, -0.1) is 0 Å². The first-order valence-electron chi connectivity index (χ1n) is 13.4. The summed E-state index contributed by atoms with van der Waals surface area (Å²) in [7, 11) is -7.87. The van der Waals surface area contributed by atoms with Crippen LogP contribution in [0.1, 0.15) is 77.3 Å². The quantitative estimate of drug-likeness (QED) is 0.387. The Morgan fingerprint density at radius 2 is 1.03 bits per heavy atom. The summed E-state index contributed by atoms with van der Waals surface area (Å²) in [5, 5.41) is 0. The molecule has 0 N–H and O–H groups in total. The summed E-state index contributed by atoms with van der Waals surface area (Å²) in [5.41, 5.74) is -1.26. The molecule has 1 aromatic carbocycles. The second-order valence-electron chi connectivity index (χ2n) is 13.1. The molecule has 5 rings (SSSR count). The molecule has 4 saturated carbocycles. The summed E-state index contributed by atoms with van der Waals surface area (Å²) < 4.78 is 62.0. The van der Waals surface area contributed by atoms with Crippen molar-refractivity contribution < 1.29 is 34.8 Å². The Balaban J connectivity index is 1.16. The van der Waals surface area contributed by atoms with Gasteiger partial charge in [0.05, 0.1) is 35.5 Å². The van der Waals surface area contributed by atoms with E-state index in [0.717, 1.165) is 12.8 Å². The minimum Gasteiger partial charge on any atom is -0.299 e. The maximum atomic E-state index is 12.8. The van der Waals surface area contributed by atoms with Gasteiger partial charge in [0.15, 0.2) is 0 Å². The highest BCUT2D eigenvalue weighted by Gasteiger charge is 2.66. The number of Topliss-reactive ketones (excluding diaryl/α,β-unsaturated/α-hetero) is 2. The topological polar surface area (TPSA) is 121 Å². The van der Waals surface area contributed by atoms with E-state index in [1.54, 1.807) is 24.3 Å². The van der Waals surface area contributed by atoms with Crippen molar-refractivity contribution in [2.45, 2.75) is 79.4 Å². The summed E-state index contributed by atoms with van der Waals surface area (Å²) in [6.45, 7) is 7.62. The summed E-state index contributed by atoms with van der Waals surface area (Å²) >= 11 is 0. The van der Waals surface area contributed by atoms with E-state index < -0.39 is 31.1 Å². The van der Waals surface area contributed by atoms with Crippen LogP contribution in [0, 0.1) is 33.5 Å². The third-order valence-electron chi connectivity index (χ3n) is 11.0. The lowest BCUT2D eigenvalue weighted by molar-refractivity contribution is -0.128. The maximum absolute atomic E-state index is 12.8. The van der Waals surface area contributed by atoms with E-state index in [9.17, 15) is 26.4 Å². The first kappa shape index (κ1) is 27.9. The molecule has 4 fully saturated rings. The van der Waals surface area contributed by atoms with Gasteiger partial charge in [-0.05, 0) is 59.5 Å². The van der Waals surface area contributed by atoms with Crippen LogP contribution in [0.2, 0.25) is 0 Å². The van der Waals surface area contributed by atoms with Crippen LogP contribution >= 0.6 is 0 Å². The molecule has 0 amide bonds. The second kappa shape index (κ2) is 8.94. The number of ketones is 2. The zero-order valence-corrected chi connectivity index (χ0v) is 24.3. The van der Waals surface area contributed by atoms with Gasteiger partial charge in [0, 0.05) is 12.8 Å². The molecule has 210 valence electrons. The van der Waals surface area contributed by atoms with Crippen LogP contribution in [0.15, 0.2) is 24.3 Å². The van der Waals surface area contributed by atoms with Crippen LogP contribution in [-0.2, 0) is 51.4 Å². The van der Waals surface area contributed by atoms with Crippen LogP contribution in [0.3, 0.4) is 0 Å². The molecule has 4 aliphatic rings. The third-order valence-corrected chi connectivity index (χ3v) is 13.6. The Kier molecular flexibility index (Phi) is 6.57. The van der Waals surface area contributed by atoms with Crippen molar-refractivity contribution in [2.24, 2.45) is 33.5 Å². The fourth-order valence-electron chi connectivity index (χ4n) is 7.95. The summed E-state index contributed by atoms with van der Waals surface area (Å²) in [4.78, 5) is 25.4. The molecule has 4 bridgehead atoms. The molecule has 1 aromatic rings. The van der Waals surface area contributed by atoms with E-state index in [0.29, 0.717) is 36.8 Å². The zero-order valence-electron chi connectivity index (χ0n) is 22.6. The van der Waals surface area contributed by atoms with E-state index in [4.69, 9.17) is 8.37 Å². The number of rotatable bonds is 10. The van der Waals surface area contributed by atoms with E-state index in [-0.39, 0.29) is 59.0 Å². The third kappa shape index (κ3) is 4.30. The molecule has 0 heterocycles. The number of carbonyl (C=O) groups excluding carboxylic acids is 2. The van der Waals surface area contributed by atoms with E-state index in [1.165, 1.54) is 0 Å². The zero-order chi connectivity index (χ0) is 27.8. The molecule has 38 heavy (non-hydrogen) atoms. The Morgan fingerprint density at radius 1 is 0.684 bits per heavy atom. The maximum Gasteiger partial charge on any atom is 0.268 e. The Morgan fingerprint density at radius 3 is 1.29 bits per heavy atom. The fourth-order valence-corrected chi connectivity index (χ4v) is 11.3. The van der Waals surface area contributed by atoms with Gasteiger partial charge in [0.2, 0.25) is 0 Å². The van der Waals surface area contributed by atoms with Crippen molar-refractivity contribution in [1.82, 2.24) is 0 Å². The van der Waals surface area contributed by atoms with Crippen molar-refractivity contribution in [3.05, 3.63) is 35.4 Å². The Labute approximate surface area is 226 Å². The highest BCUT2D eigenvalue weighted by Crippen LogP contribution is 2.65. The van der Waals surface area contributed by atoms with Crippen molar-refractivity contribution in [1.29, 1.82) is 0 Å². The summed E-state index contributed by atoms with van der Waals surface area (Å²) in [6.07, 6.45) is 3.77. The second-order valence-corrected chi connectivity index (χ2v) is 16.4. The number of hydrogen-bond donors (Lipinski definition) is 0. The van der Waals surface area contributed by atoms with Crippen LogP contribution < -0.4 is 0 Å². The van der Waals surface area contributed by atoms with Crippen LogP contribution in [0.4, 0.5) is 0 Å². The van der Waals surface area contributed by atoms with Crippen molar-refractivity contribution in [3.63, 3.8) is 0 Å². The highest BCUT2D eigenvalue weighted by atomic mass is 32.2. The van der Waals surface area contributed by atoms with E-state index in [1.807, 2.05) is 27.7 Å². The molecule has 0 aliphatic heterocycles. The van der Waals surface area contributed by atoms with Gasteiger partial charge in [-0.3, -0.25) is 18.0 Å².